The predicted octanol–water partition coefficient (Wildman–Crippen LogP) is 1.25. The van der Waals surface area contributed by atoms with Crippen molar-refractivity contribution in [1.82, 2.24) is 4.98 Å². The number of thiazole rings is 1. The fourth-order valence-corrected chi connectivity index (χ4v) is 2.11. The normalized spacial score (nSPS) is 12.9. The van der Waals surface area contributed by atoms with Crippen LogP contribution in [0.5, 0.6) is 0 Å². The lowest BCUT2D eigenvalue weighted by Crippen LogP contribution is -2.32. The van der Waals surface area contributed by atoms with Crippen LogP contribution >= 0.6 is 11.3 Å². The summed E-state index contributed by atoms with van der Waals surface area (Å²) in [4.78, 5) is 14.7. The zero-order valence-corrected chi connectivity index (χ0v) is 8.70. The molecule has 1 heterocycles. The van der Waals surface area contributed by atoms with Gasteiger partial charge in [0.2, 0.25) is 0 Å². The monoisotopic (exact) mass is 222 g/mol. The van der Waals surface area contributed by atoms with Crippen molar-refractivity contribution in [3.05, 3.63) is 29.3 Å². The Bertz CT molecular complexity index is 495. The van der Waals surface area contributed by atoms with Gasteiger partial charge in [-0.1, -0.05) is 6.07 Å². The first kappa shape index (κ1) is 10.1. The van der Waals surface area contributed by atoms with Crippen molar-refractivity contribution in [2.45, 2.75) is 12.5 Å². The van der Waals surface area contributed by atoms with Crippen LogP contribution in [0.1, 0.15) is 5.56 Å². The van der Waals surface area contributed by atoms with E-state index in [9.17, 15) is 4.79 Å². The van der Waals surface area contributed by atoms with Crippen molar-refractivity contribution in [3.63, 3.8) is 0 Å². The second kappa shape index (κ2) is 3.96. The molecule has 5 heteroatoms. The van der Waals surface area contributed by atoms with Crippen LogP contribution in [0.3, 0.4) is 0 Å². The third-order valence-corrected chi connectivity index (χ3v) is 2.96. The molecule has 1 aromatic carbocycles. The van der Waals surface area contributed by atoms with Gasteiger partial charge in [0.15, 0.2) is 0 Å². The van der Waals surface area contributed by atoms with Crippen LogP contribution in [0.15, 0.2) is 23.7 Å². The van der Waals surface area contributed by atoms with Gasteiger partial charge in [-0.2, -0.15) is 0 Å². The number of benzene rings is 1. The molecular weight excluding hydrogens is 212 g/mol. The summed E-state index contributed by atoms with van der Waals surface area (Å²) in [5, 5.41) is 8.68. The van der Waals surface area contributed by atoms with Gasteiger partial charge in [-0.15, -0.1) is 11.3 Å². The van der Waals surface area contributed by atoms with E-state index in [4.69, 9.17) is 10.8 Å². The number of hydrogen-bond acceptors (Lipinski definition) is 4. The van der Waals surface area contributed by atoms with Crippen LogP contribution in [0.25, 0.3) is 10.2 Å². The third kappa shape index (κ3) is 2.14. The maximum atomic E-state index is 10.6. The van der Waals surface area contributed by atoms with Gasteiger partial charge in [0.05, 0.1) is 15.7 Å². The molecule has 0 unspecified atom stereocenters. The van der Waals surface area contributed by atoms with E-state index in [1.165, 1.54) is 11.3 Å². The Morgan fingerprint density at radius 3 is 3.13 bits per heavy atom. The van der Waals surface area contributed by atoms with E-state index in [1.54, 1.807) is 5.51 Å². The van der Waals surface area contributed by atoms with E-state index in [0.29, 0.717) is 6.42 Å². The molecule has 0 fully saturated rings. The predicted molar refractivity (Wildman–Crippen MR) is 58.9 cm³/mol. The van der Waals surface area contributed by atoms with E-state index in [0.717, 1.165) is 15.8 Å². The molecule has 0 spiro atoms. The summed E-state index contributed by atoms with van der Waals surface area (Å²) in [6, 6.07) is 4.85. The summed E-state index contributed by atoms with van der Waals surface area (Å²) < 4.78 is 1.06. The van der Waals surface area contributed by atoms with Crippen LogP contribution in [-0.4, -0.2) is 22.1 Å². The number of hydrogen-bond donors (Lipinski definition) is 2. The van der Waals surface area contributed by atoms with E-state index in [1.807, 2.05) is 18.2 Å². The summed E-state index contributed by atoms with van der Waals surface area (Å²) in [7, 11) is 0. The zero-order valence-electron chi connectivity index (χ0n) is 7.88. The largest absolute Gasteiger partial charge is 0.480 e. The maximum absolute atomic E-state index is 10.6. The molecule has 1 atom stereocenters. The number of carbonyl (C=O) groups is 1. The highest BCUT2D eigenvalue weighted by atomic mass is 32.1. The average molecular weight is 222 g/mol. The Morgan fingerprint density at radius 1 is 1.60 bits per heavy atom. The Balaban J connectivity index is 2.24. The standard InChI is InChI=1S/C10H10N2O2S/c11-7(10(13)14)3-6-1-2-8-9(4-6)15-5-12-8/h1-2,4-5,7H,3,11H2,(H,13,14)/t7-/m0/s1. The number of fused-ring (bicyclic) bond motifs is 1. The van der Waals surface area contributed by atoms with E-state index in [2.05, 4.69) is 4.98 Å². The fourth-order valence-electron chi connectivity index (χ4n) is 1.37. The summed E-state index contributed by atoms with van der Waals surface area (Å²) in [6.45, 7) is 0. The van der Waals surface area contributed by atoms with Gasteiger partial charge in [0.1, 0.15) is 6.04 Å². The first-order chi connectivity index (χ1) is 7.16. The number of nitrogens with zero attached hydrogens (tertiary/aromatic N) is 1. The van der Waals surface area contributed by atoms with Gasteiger partial charge in [0, 0.05) is 0 Å². The topological polar surface area (TPSA) is 76.2 Å². The molecule has 0 aliphatic heterocycles. The minimum Gasteiger partial charge on any atom is -0.480 e. The number of carboxylic acid groups (broad SMARTS) is 1. The Labute approximate surface area is 90.4 Å². The van der Waals surface area contributed by atoms with Crippen LogP contribution in [0.4, 0.5) is 0 Å². The van der Waals surface area contributed by atoms with E-state index in [-0.39, 0.29) is 0 Å². The number of aromatic nitrogens is 1. The molecule has 0 radical (unpaired) electrons. The minimum absolute atomic E-state index is 0.350. The van der Waals surface area contributed by atoms with Gasteiger partial charge < -0.3 is 10.8 Å². The molecule has 0 aliphatic rings. The first-order valence-electron chi connectivity index (χ1n) is 4.47. The molecule has 78 valence electrons. The number of rotatable bonds is 3. The van der Waals surface area contributed by atoms with Crippen molar-refractivity contribution in [2.24, 2.45) is 5.73 Å². The lowest BCUT2D eigenvalue weighted by molar-refractivity contribution is -0.138. The van der Waals surface area contributed by atoms with Gasteiger partial charge in [-0.25, -0.2) is 4.98 Å². The number of nitrogens with two attached hydrogens (primary N) is 1. The Kier molecular flexibility index (Phi) is 2.66. The van der Waals surface area contributed by atoms with Gasteiger partial charge in [-0.05, 0) is 24.1 Å². The van der Waals surface area contributed by atoms with Crippen molar-refractivity contribution in [2.75, 3.05) is 0 Å². The quantitative estimate of drug-likeness (QED) is 0.819. The second-order valence-electron chi connectivity index (χ2n) is 3.30. The Morgan fingerprint density at radius 2 is 2.40 bits per heavy atom. The molecule has 15 heavy (non-hydrogen) atoms. The van der Waals surface area contributed by atoms with Crippen LogP contribution in [-0.2, 0) is 11.2 Å². The number of aliphatic carboxylic acids is 1. The van der Waals surface area contributed by atoms with Gasteiger partial charge >= 0.3 is 5.97 Å². The highest BCUT2D eigenvalue weighted by Crippen LogP contribution is 2.19. The van der Waals surface area contributed by atoms with Crippen molar-refractivity contribution >= 4 is 27.5 Å². The van der Waals surface area contributed by atoms with Gasteiger partial charge in [0.25, 0.3) is 0 Å². The van der Waals surface area contributed by atoms with Crippen molar-refractivity contribution in [1.29, 1.82) is 0 Å². The molecule has 1 aromatic heterocycles. The highest BCUT2D eigenvalue weighted by molar-refractivity contribution is 7.16. The highest BCUT2D eigenvalue weighted by Gasteiger charge is 2.12. The fraction of sp³-hybridized carbons (Fsp3) is 0.200. The van der Waals surface area contributed by atoms with Crippen LogP contribution in [0.2, 0.25) is 0 Å². The number of carboxylic acids is 1. The van der Waals surface area contributed by atoms with Crippen LogP contribution in [0, 0.1) is 0 Å². The third-order valence-electron chi connectivity index (χ3n) is 2.17. The molecule has 2 aromatic rings. The Hall–Kier alpha value is -1.46. The lowest BCUT2D eigenvalue weighted by atomic mass is 10.1. The molecule has 0 saturated heterocycles. The molecule has 0 amide bonds. The summed E-state index contributed by atoms with van der Waals surface area (Å²) in [6.07, 6.45) is 0.350. The second-order valence-corrected chi connectivity index (χ2v) is 4.19. The SMILES string of the molecule is N[C@@H](Cc1ccc2ncsc2c1)C(=O)O. The summed E-state index contributed by atoms with van der Waals surface area (Å²) in [5.74, 6) is -0.973. The molecule has 4 nitrogen and oxygen atoms in total. The molecule has 2 rings (SSSR count). The lowest BCUT2D eigenvalue weighted by Gasteiger charge is -2.05. The zero-order chi connectivity index (χ0) is 10.8. The maximum Gasteiger partial charge on any atom is 0.320 e. The van der Waals surface area contributed by atoms with Gasteiger partial charge in [-0.3, -0.25) is 4.79 Å². The molecule has 0 bridgehead atoms. The van der Waals surface area contributed by atoms with E-state index < -0.39 is 12.0 Å². The molecular formula is C10H10N2O2S. The van der Waals surface area contributed by atoms with Crippen molar-refractivity contribution < 1.29 is 9.90 Å². The van der Waals surface area contributed by atoms with Crippen LogP contribution < -0.4 is 5.73 Å². The molecule has 0 saturated carbocycles. The average Bonchev–Trinajstić information content (AvgIpc) is 2.64. The summed E-state index contributed by atoms with van der Waals surface area (Å²) >= 11 is 1.54. The summed E-state index contributed by atoms with van der Waals surface area (Å²) in [5.41, 5.74) is 9.10. The minimum atomic E-state index is -0.973. The molecule has 0 aliphatic carbocycles. The van der Waals surface area contributed by atoms with Crippen molar-refractivity contribution in [3.8, 4) is 0 Å². The van der Waals surface area contributed by atoms with E-state index >= 15 is 0 Å². The first-order valence-corrected chi connectivity index (χ1v) is 5.35. The smallest absolute Gasteiger partial charge is 0.320 e. The molecule has 3 N–H and O–H groups in total.